The minimum absolute atomic E-state index is 0.841. The van der Waals surface area contributed by atoms with Gasteiger partial charge in [-0.15, -0.1) is 0 Å². The highest BCUT2D eigenvalue weighted by Gasteiger charge is 2.04. The van der Waals surface area contributed by atoms with Gasteiger partial charge >= 0.3 is 0 Å². The summed E-state index contributed by atoms with van der Waals surface area (Å²) in [4.78, 5) is 0. The Labute approximate surface area is 128 Å². The standard InChI is InChI=1S/C20H23N/c1-15(2)19-11-7-5-9-17(19)13-21-14-18-10-6-8-12-20(18)16(3)4/h5-12,21H,1,3,13-14H2,2,4H3. The molecule has 0 fully saturated rings. The summed E-state index contributed by atoms with van der Waals surface area (Å²) in [7, 11) is 0. The molecule has 0 aliphatic carbocycles. The van der Waals surface area contributed by atoms with Crippen molar-refractivity contribution in [2.24, 2.45) is 0 Å². The van der Waals surface area contributed by atoms with Gasteiger partial charge in [-0.25, -0.2) is 0 Å². The van der Waals surface area contributed by atoms with Gasteiger partial charge in [0.05, 0.1) is 0 Å². The zero-order valence-electron chi connectivity index (χ0n) is 12.9. The predicted octanol–water partition coefficient (Wildman–Crippen LogP) is 5.04. The van der Waals surface area contributed by atoms with Gasteiger partial charge in [0.25, 0.3) is 0 Å². The van der Waals surface area contributed by atoms with Crippen LogP contribution in [-0.2, 0) is 13.1 Å². The number of nitrogens with one attached hydrogen (secondary N) is 1. The minimum atomic E-state index is 0.841. The number of allylic oxidation sites excluding steroid dienone is 2. The average Bonchev–Trinajstić information content (AvgIpc) is 2.48. The van der Waals surface area contributed by atoms with Crippen LogP contribution in [0, 0.1) is 0 Å². The molecule has 0 bridgehead atoms. The highest BCUT2D eigenvalue weighted by atomic mass is 14.8. The largest absolute Gasteiger partial charge is 0.309 e. The van der Waals surface area contributed by atoms with E-state index >= 15 is 0 Å². The Morgan fingerprint density at radius 3 is 1.52 bits per heavy atom. The Hall–Kier alpha value is -2.12. The van der Waals surface area contributed by atoms with Gasteiger partial charge < -0.3 is 5.32 Å². The van der Waals surface area contributed by atoms with Gasteiger partial charge in [0.2, 0.25) is 0 Å². The van der Waals surface area contributed by atoms with Crippen LogP contribution < -0.4 is 5.32 Å². The molecule has 21 heavy (non-hydrogen) atoms. The van der Waals surface area contributed by atoms with Crippen molar-refractivity contribution in [3.8, 4) is 0 Å². The fourth-order valence-electron chi connectivity index (χ4n) is 2.51. The van der Waals surface area contributed by atoms with Crippen LogP contribution in [0.4, 0.5) is 0 Å². The van der Waals surface area contributed by atoms with Crippen LogP contribution in [0.2, 0.25) is 0 Å². The molecular formula is C20H23N. The van der Waals surface area contributed by atoms with Crippen molar-refractivity contribution in [2.75, 3.05) is 0 Å². The molecule has 0 aliphatic rings. The maximum absolute atomic E-state index is 4.05. The molecule has 108 valence electrons. The number of rotatable bonds is 6. The monoisotopic (exact) mass is 277 g/mol. The van der Waals surface area contributed by atoms with Crippen LogP contribution in [0.5, 0.6) is 0 Å². The fourth-order valence-corrected chi connectivity index (χ4v) is 2.51. The quantitative estimate of drug-likeness (QED) is 0.779. The first kappa shape index (κ1) is 15.3. The maximum Gasteiger partial charge on any atom is 0.0214 e. The van der Waals surface area contributed by atoms with Gasteiger partial charge in [-0.05, 0) is 36.1 Å². The number of hydrogen-bond acceptors (Lipinski definition) is 1. The lowest BCUT2D eigenvalue weighted by Crippen LogP contribution is -2.14. The fraction of sp³-hybridized carbons (Fsp3) is 0.200. The molecule has 1 N–H and O–H groups in total. The summed E-state index contributed by atoms with van der Waals surface area (Å²) in [5.74, 6) is 0. The summed E-state index contributed by atoms with van der Waals surface area (Å²) in [5.41, 5.74) is 7.26. The first-order valence-electron chi connectivity index (χ1n) is 7.28. The van der Waals surface area contributed by atoms with Crippen LogP contribution in [0.25, 0.3) is 11.1 Å². The summed E-state index contributed by atoms with van der Waals surface area (Å²) in [6, 6.07) is 16.8. The van der Waals surface area contributed by atoms with Crippen LogP contribution in [0.15, 0.2) is 61.7 Å². The summed E-state index contributed by atoms with van der Waals surface area (Å²) in [6.45, 7) is 13.9. The number of hydrogen-bond donors (Lipinski definition) is 1. The van der Waals surface area contributed by atoms with E-state index in [1.54, 1.807) is 0 Å². The molecule has 0 saturated carbocycles. The molecule has 2 aromatic carbocycles. The van der Waals surface area contributed by atoms with E-state index in [-0.39, 0.29) is 0 Å². The van der Waals surface area contributed by atoms with Gasteiger partial charge in [-0.3, -0.25) is 0 Å². The molecule has 0 aromatic heterocycles. The van der Waals surface area contributed by atoms with E-state index in [4.69, 9.17) is 0 Å². The van der Waals surface area contributed by atoms with E-state index in [2.05, 4.69) is 80.9 Å². The highest BCUT2D eigenvalue weighted by Crippen LogP contribution is 2.19. The molecule has 0 unspecified atom stereocenters. The third-order valence-electron chi connectivity index (χ3n) is 3.59. The highest BCUT2D eigenvalue weighted by molar-refractivity contribution is 5.65. The number of benzene rings is 2. The van der Waals surface area contributed by atoms with E-state index in [1.807, 2.05) is 0 Å². The lowest BCUT2D eigenvalue weighted by atomic mass is 10.0. The van der Waals surface area contributed by atoms with Gasteiger partial charge in [0.1, 0.15) is 0 Å². The van der Waals surface area contributed by atoms with Crippen molar-refractivity contribution in [3.63, 3.8) is 0 Å². The molecule has 2 aromatic rings. The average molecular weight is 277 g/mol. The van der Waals surface area contributed by atoms with Crippen molar-refractivity contribution < 1.29 is 0 Å². The Balaban J connectivity index is 2.06. The molecule has 0 amide bonds. The van der Waals surface area contributed by atoms with Crippen LogP contribution in [-0.4, -0.2) is 0 Å². The summed E-state index contributed by atoms with van der Waals surface area (Å²) in [6.07, 6.45) is 0. The lowest BCUT2D eigenvalue weighted by Gasteiger charge is -2.13. The second kappa shape index (κ2) is 7.05. The Morgan fingerprint density at radius 1 is 0.762 bits per heavy atom. The molecule has 1 heteroatoms. The molecule has 0 spiro atoms. The first-order valence-corrected chi connectivity index (χ1v) is 7.28. The van der Waals surface area contributed by atoms with Gasteiger partial charge in [-0.2, -0.15) is 0 Å². The van der Waals surface area contributed by atoms with Crippen molar-refractivity contribution in [3.05, 3.63) is 83.9 Å². The van der Waals surface area contributed by atoms with Crippen molar-refractivity contribution >= 4 is 11.1 Å². The maximum atomic E-state index is 4.05. The first-order chi connectivity index (χ1) is 10.1. The third-order valence-corrected chi connectivity index (χ3v) is 3.59. The topological polar surface area (TPSA) is 12.0 Å². The van der Waals surface area contributed by atoms with E-state index in [9.17, 15) is 0 Å². The SMILES string of the molecule is C=C(C)c1ccccc1CNCc1ccccc1C(=C)C. The van der Waals surface area contributed by atoms with Crippen molar-refractivity contribution in [1.82, 2.24) is 5.32 Å². The van der Waals surface area contributed by atoms with E-state index in [1.165, 1.54) is 22.3 Å². The summed E-state index contributed by atoms with van der Waals surface area (Å²) >= 11 is 0. The second-order valence-corrected chi connectivity index (χ2v) is 5.48. The van der Waals surface area contributed by atoms with E-state index in [0.29, 0.717) is 0 Å². The molecule has 0 saturated heterocycles. The molecule has 1 nitrogen and oxygen atoms in total. The van der Waals surface area contributed by atoms with Crippen molar-refractivity contribution in [1.29, 1.82) is 0 Å². The predicted molar refractivity (Wildman–Crippen MR) is 92.8 cm³/mol. The minimum Gasteiger partial charge on any atom is -0.309 e. The summed E-state index contributed by atoms with van der Waals surface area (Å²) < 4.78 is 0. The summed E-state index contributed by atoms with van der Waals surface area (Å²) in [5, 5.41) is 3.53. The van der Waals surface area contributed by atoms with Crippen LogP contribution in [0.3, 0.4) is 0 Å². The smallest absolute Gasteiger partial charge is 0.0214 e. The molecule has 0 heterocycles. The normalized spacial score (nSPS) is 10.4. The molecule has 2 rings (SSSR count). The van der Waals surface area contributed by atoms with E-state index < -0.39 is 0 Å². The van der Waals surface area contributed by atoms with Gasteiger partial charge in [0.15, 0.2) is 0 Å². The lowest BCUT2D eigenvalue weighted by molar-refractivity contribution is 0.691. The zero-order chi connectivity index (χ0) is 15.2. The third kappa shape index (κ3) is 3.93. The van der Waals surface area contributed by atoms with Gasteiger partial charge in [-0.1, -0.05) is 72.8 Å². The molecule has 0 aliphatic heterocycles. The van der Waals surface area contributed by atoms with Gasteiger partial charge in [0, 0.05) is 13.1 Å². The Kier molecular flexibility index (Phi) is 5.13. The molecule has 0 radical (unpaired) electrons. The van der Waals surface area contributed by atoms with E-state index in [0.717, 1.165) is 24.2 Å². The molecule has 0 atom stereocenters. The zero-order valence-corrected chi connectivity index (χ0v) is 12.9. The van der Waals surface area contributed by atoms with Crippen LogP contribution >= 0.6 is 0 Å². The second-order valence-electron chi connectivity index (χ2n) is 5.48. The van der Waals surface area contributed by atoms with Crippen LogP contribution in [0.1, 0.15) is 36.1 Å². The Morgan fingerprint density at radius 2 is 1.14 bits per heavy atom. The van der Waals surface area contributed by atoms with Crippen molar-refractivity contribution in [2.45, 2.75) is 26.9 Å². The molecular weight excluding hydrogens is 254 g/mol. The Bertz CT molecular complexity index is 595.